The standard InChI is InChI=1S/C10H7F5N2OS/c1-18-4-7-17-6-2-5(3-16-8(6)19-7)9(11,12)10(13,14)15/h2-3H,4H2,1H3. The number of rotatable bonds is 3. The highest BCUT2D eigenvalue weighted by Crippen LogP contribution is 2.44. The minimum atomic E-state index is -5.66. The molecule has 0 atom stereocenters. The van der Waals surface area contributed by atoms with Gasteiger partial charge in [-0.05, 0) is 6.07 Å². The molecule has 2 aromatic rings. The van der Waals surface area contributed by atoms with Gasteiger partial charge in [-0.15, -0.1) is 0 Å². The Morgan fingerprint density at radius 2 is 1.95 bits per heavy atom. The van der Waals surface area contributed by atoms with E-state index in [0.29, 0.717) is 17.3 Å². The Kier molecular flexibility index (Phi) is 3.43. The van der Waals surface area contributed by atoms with Gasteiger partial charge in [-0.25, -0.2) is 9.97 Å². The van der Waals surface area contributed by atoms with E-state index >= 15 is 0 Å². The number of halogens is 5. The molecule has 0 N–H and O–H groups in total. The van der Waals surface area contributed by atoms with Crippen molar-refractivity contribution < 1.29 is 26.7 Å². The molecule has 0 aliphatic heterocycles. The van der Waals surface area contributed by atoms with E-state index < -0.39 is 17.7 Å². The first-order chi connectivity index (χ1) is 8.75. The number of alkyl halides is 5. The molecule has 0 saturated carbocycles. The molecular weight excluding hydrogens is 291 g/mol. The molecule has 0 saturated heterocycles. The Labute approximate surface area is 108 Å². The van der Waals surface area contributed by atoms with Crippen LogP contribution in [-0.4, -0.2) is 23.3 Å². The van der Waals surface area contributed by atoms with Crippen LogP contribution in [0.25, 0.3) is 10.3 Å². The lowest BCUT2D eigenvalue weighted by Crippen LogP contribution is -2.33. The molecule has 104 valence electrons. The summed E-state index contributed by atoms with van der Waals surface area (Å²) in [6.07, 6.45) is -5.14. The maximum atomic E-state index is 13.1. The molecule has 2 aromatic heterocycles. The summed E-state index contributed by atoms with van der Waals surface area (Å²) in [5.41, 5.74) is -1.22. The molecule has 0 fully saturated rings. The first kappa shape index (κ1) is 14.1. The second kappa shape index (κ2) is 4.64. The monoisotopic (exact) mass is 298 g/mol. The minimum absolute atomic E-state index is 0.00141. The largest absolute Gasteiger partial charge is 0.458 e. The van der Waals surface area contributed by atoms with Crippen molar-refractivity contribution in [3.05, 3.63) is 22.8 Å². The van der Waals surface area contributed by atoms with Gasteiger partial charge >= 0.3 is 12.1 Å². The molecule has 2 heterocycles. The molecule has 0 radical (unpaired) electrons. The van der Waals surface area contributed by atoms with Crippen molar-refractivity contribution in [2.75, 3.05) is 7.11 Å². The highest BCUT2D eigenvalue weighted by molar-refractivity contribution is 7.18. The van der Waals surface area contributed by atoms with Crippen molar-refractivity contribution in [2.45, 2.75) is 18.7 Å². The number of fused-ring (bicyclic) bond motifs is 1. The Hall–Kier alpha value is -1.35. The topological polar surface area (TPSA) is 35.0 Å². The van der Waals surface area contributed by atoms with Crippen LogP contribution in [0.4, 0.5) is 22.0 Å². The van der Waals surface area contributed by atoms with Crippen LogP contribution in [0.2, 0.25) is 0 Å². The summed E-state index contributed by atoms with van der Waals surface area (Å²) in [4.78, 5) is 7.76. The van der Waals surface area contributed by atoms with Gasteiger partial charge in [0.1, 0.15) is 15.4 Å². The Balaban J connectivity index is 2.47. The number of ether oxygens (including phenoxy) is 1. The summed E-state index contributed by atoms with van der Waals surface area (Å²) >= 11 is 1.08. The molecule has 3 nitrogen and oxygen atoms in total. The Bertz CT molecular complexity index is 595. The maximum Gasteiger partial charge on any atom is 0.458 e. The zero-order chi connectivity index (χ0) is 14.3. The van der Waals surface area contributed by atoms with Crippen LogP contribution >= 0.6 is 11.3 Å². The molecular formula is C10H7F5N2OS. The third-order valence-electron chi connectivity index (χ3n) is 2.28. The molecule has 19 heavy (non-hydrogen) atoms. The van der Waals surface area contributed by atoms with Gasteiger partial charge in [0.2, 0.25) is 0 Å². The highest BCUT2D eigenvalue weighted by atomic mass is 32.1. The molecule has 0 unspecified atom stereocenters. The number of pyridine rings is 1. The predicted octanol–water partition coefficient (Wildman–Crippen LogP) is 3.49. The van der Waals surface area contributed by atoms with E-state index in [1.165, 1.54) is 7.11 Å². The van der Waals surface area contributed by atoms with Gasteiger partial charge in [0, 0.05) is 13.3 Å². The number of hydrogen-bond donors (Lipinski definition) is 0. The van der Waals surface area contributed by atoms with Crippen LogP contribution in [0, 0.1) is 0 Å². The number of aromatic nitrogens is 2. The van der Waals surface area contributed by atoms with E-state index in [2.05, 4.69) is 9.97 Å². The molecule has 0 aliphatic carbocycles. The van der Waals surface area contributed by atoms with E-state index in [-0.39, 0.29) is 17.0 Å². The van der Waals surface area contributed by atoms with E-state index in [1.807, 2.05) is 0 Å². The molecule has 0 aromatic carbocycles. The zero-order valence-electron chi connectivity index (χ0n) is 9.46. The molecule has 0 spiro atoms. The Morgan fingerprint density at radius 3 is 2.53 bits per heavy atom. The van der Waals surface area contributed by atoms with Gasteiger partial charge in [-0.2, -0.15) is 22.0 Å². The fourth-order valence-electron chi connectivity index (χ4n) is 1.39. The lowest BCUT2D eigenvalue weighted by atomic mass is 10.1. The first-order valence-corrected chi connectivity index (χ1v) is 5.77. The SMILES string of the molecule is COCc1nc2cc(C(F)(F)C(F)(F)F)cnc2s1. The van der Waals surface area contributed by atoms with Gasteiger partial charge in [0.15, 0.2) is 0 Å². The van der Waals surface area contributed by atoms with Gasteiger partial charge in [0.25, 0.3) is 0 Å². The molecule has 0 bridgehead atoms. The Morgan fingerprint density at radius 1 is 1.26 bits per heavy atom. The van der Waals surface area contributed by atoms with Crippen molar-refractivity contribution in [3.8, 4) is 0 Å². The first-order valence-electron chi connectivity index (χ1n) is 4.95. The average Bonchev–Trinajstić information content (AvgIpc) is 2.69. The number of hydrogen-bond acceptors (Lipinski definition) is 4. The summed E-state index contributed by atoms with van der Waals surface area (Å²) in [6.45, 7) is 0.145. The maximum absolute atomic E-state index is 13.1. The lowest BCUT2D eigenvalue weighted by Gasteiger charge is -2.19. The van der Waals surface area contributed by atoms with Crippen LogP contribution in [0.3, 0.4) is 0 Å². The molecule has 0 amide bonds. The second-order valence-electron chi connectivity index (χ2n) is 3.66. The number of nitrogens with zero attached hydrogens (tertiary/aromatic N) is 2. The third-order valence-corrected chi connectivity index (χ3v) is 3.23. The smallest absolute Gasteiger partial charge is 0.378 e. The van der Waals surface area contributed by atoms with Crippen LogP contribution in [0.1, 0.15) is 10.6 Å². The van der Waals surface area contributed by atoms with Crippen molar-refractivity contribution >= 4 is 21.7 Å². The minimum Gasteiger partial charge on any atom is -0.378 e. The average molecular weight is 298 g/mol. The van der Waals surface area contributed by atoms with Crippen molar-refractivity contribution in [1.29, 1.82) is 0 Å². The number of methoxy groups -OCH3 is 1. The van der Waals surface area contributed by atoms with Crippen LogP contribution in [0.15, 0.2) is 12.3 Å². The summed E-state index contributed by atoms with van der Waals surface area (Å²) in [7, 11) is 1.42. The molecule has 2 rings (SSSR count). The van der Waals surface area contributed by atoms with E-state index in [1.54, 1.807) is 0 Å². The van der Waals surface area contributed by atoms with Crippen molar-refractivity contribution in [1.82, 2.24) is 9.97 Å². The van der Waals surface area contributed by atoms with E-state index in [0.717, 1.165) is 11.3 Å². The second-order valence-corrected chi connectivity index (χ2v) is 4.72. The molecule has 9 heteroatoms. The van der Waals surface area contributed by atoms with Gasteiger partial charge in [-0.1, -0.05) is 11.3 Å². The lowest BCUT2D eigenvalue weighted by molar-refractivity contribution is -0.289. The number of thiazole rings is 1. The fourth-order valence-corrected chi connectivity index (χ4v) is 2.25. The van der Waals surface area contributed by atoms with Crippen LogP contribution in [0.5, 0.6) is 0 Å². The predicted molar refractivity (Wildman–Crippen MR) is 58.1 cm³/mol. The fraction of sp³-hybridized carbons (Fsp3) is 0.400. The van der Waals surface area contributed by atoms with Crippen LogP contribution < -0.4 is 0 Å². The summed E-state index contributed by atoms with van der Waals surface area (Å²) in [5, 5.41) is 0.456. The van der Waals surface area contributed by atoms with Crippen molar-refractivity contribution in [3.63, 3.8) is 0 Å². The third kappa shape index (κ3) is 2.52. The molecule has 0 aliphatic rings. The highest BCUT2D eigenvalue weighted by Gasteiger charge is 2.59. The summed E-state index contributed by atoms with van der Waals surface area (Å²) in [5.74, 6) is -4.95. The summed E-state index contributed by atoms with van der Waals surface area (Å²) < 4.78 is 67.8. The van der Waals surface area contributed by atoms with Crippen LogP contribution in [-0.2, 0) is 17.3 Å². The quantitative estimate of drug-likeness (QED) is 0.814. The normalized spacial score (nSPS) is 13.2. The van der Waals surface area contributed by atoms with Gasteiger partial charge in [-0.3, -0.25) is 0 Å². The summed E-state index contributed by atoms with van der Waals surface area (Å²) in [6, 6.07) is 0.700. The van der Waals surface area contributed by atoms with E-state index in [9.17, 15) is 22.0 Å². The van der Waals surface area contributed by atoms with Gasteiger partial charge < -0.3 is 4.74 Å². The van der Waals surface area contributed by atoms with E-state index in [4.69, 9.17) is 4.74 Å². The van der Waals surface area contributed by atoms with Gasteiger partial charge in [0.05, 0.1) is 12.2 Å². The van der Waals surface area contributed by atoms with Crippen molar-refractivity contribution in [2.24, 2.45) is 0 Å². The zero-order valence-corrected chi connectivity index (χ0v) is 10.3.